The Morgan fingerprint density at radius 3 is 2.77 bits per heavy atom. The Hall–Kier alpha value is -2.80. The van der Waals surface area contributed by atoms with E-state index in [2.05, 4.69) is 15.4 Å². The SMILES string of the molecule is COCc1ccc(C(=O)Nc2nc3ccc(F)cn3n2)cc1. The summed E-state index contributed by atoms with van der Waals surface area (Å²) in [6.07, 6.45) is 1.19. The van der Waals surface area contributed by atoms with Crippen molar-refractivity contribution in [1.82, 2.24) is 14.6 Å². The van der Waals surface area contributed by atoms with Crippen LogP contribution in [0.1, 0.15) is 15.9 Å². The second-order valence-corrected chi connectivity index (χ2v) is 4.67. The summed E-state index contributed by atoms with van der Waals surface area (Å²) in [5.74, 6) is -0.638. The molecule has 0 bridgehead atoms. The molecule has 2 aromatic heterocycles. The number of nitrogens with zero attached hydrogens (tertiary/aromatic N) is 3. The van der Waals surface area contributed by atoms with E-state index < -0.39 is 5.82 Å². The van der Waals surface area contributed by atoms with Crippen LogP contribution in [0.15, 0.2) is 42.6 Å². The molecule has 0 atom stereocenters. The topological polar surface area (TPSA) is 68.5 Å². The number of rotatable bonds is 4. The first-order chi connectivity index (χ1) is 10.7. The normalized spacial score (nSPS) is 10.8. The van der Waals surface area contributed by atoms with Gasteiger partial charge in [0.15, 0.2) is 5.65 Å². The number of anilines is 1. The summed E-state index contributed by atoms with van der Waals surface area (Å²) in [5, 5.41) is 6.58. The summed E-state index contributed by atoms with van der Waals surface area (Å²) in [4.78, 5) is 16.2. The number of pyridine rings is 1. The molecule has 1 amide bonds. The van der Waals surface area contributed by atoms with Crippen LogP contribution >= 0.6 is 0 Å². The zero-order valence-electron chi connectivity index (χ0n) is 11.8. The van der Waals surface area contributed by atoms with Gasteiger partial charge < -0.3 is 4.74 Å². The summed E-state index contributed by atoms with van der Waals surface area (Å²) in [5.41, 5.74) is 1.90. The van der Waals surface area contributed by atoms with Gasteiger partial charge in [-0.1, -0.05) is 12.1 Å². The number of carbonyl (C=O) groups excluding carboxylic acids is 1. The molecule has 3 rings (SSSR count). The summed E-state index contributed by atoms with van der Waals surface area (Å²) in [7, 11) is 1.61. The van der Waals surface area contributed by atoms with Gasteiger partial charge in [-0.25, -0.2) is 8.91 Å². The number of nitrogens with one attached hydrogen (secondary N) is 1. The van der Waals surface area contributed by atoms with Crippen LogP contribution in [0.2, 0.25) is 0 Å². The van der Waals surface area contributed by atoms with Crippen LogP contribution in [0.3, 0.4) is 0 Å². The molecular weight excluding hydrogens is 287 g/mol. The first-order valence-corrected chi connectivity index (χ1v) is 6.57. The third-order valence-electron chi connectivity index (χ3n) is 3.05. The summed E-state index contributed by atoms with van der Waals surface area (Å²) < 4.78 is 19.4. The quantitative estimate of drug-likeness (QED) is 0.802. The van der Waals surface area contributed by atoms with Crippen molar-refractivity contribution in [2.24, 2.45) is 0 Å². The highest BCUT2D eigenvalue weighted by atomic mass is 19.1. The van der Waals surface area contributed by atoms with Crippen LogP contribution in [0.25, 0.3) is 5.65 Å². The minimum atomic E-state index is -0.427. The van der Waals surface area contributed by atoms with Crippen molar-refractivity contribution >= 4 is 17.5 Å². The lowest BCUT2D eigenvalue weighted by Gasteiger charge is -2.03. The van der Waals surface area contributed by atoms with Gasteiger partial charge >= 0.3 is 0 Å². The van der Waals surface area contributed by atoms with Crippen molar-refractivity contribution in [3.05, 3.63) is 59.5 Å². The van der Waals surface area contributed by atoms with E-state index in [4.69, 9.17) is 4.74 Å². The van der Waals surface area contributed by atoms with E-state index in [0.717, 1.165) is 5.56 Å². The fourth-order valence-electron chi connectivity index (χ4n) is 2.00. The highest BCUT2D eigenvalue weighted by Crippen LogP contribution is 2.10. The zero-order chi connectivity index (χ0) is 15.5. The van der Waals surface area contributed by atoms with Gasteiger partial charge in [0.25, 0.3) is 5.91 Å². The molecule has 22 heavy (non-hydrogen) atoms. The molecule has 112 valence electrons. The van der Waals surface area contributed by atoms with E-state index in [1.54, 1.807) is 19.2 Å². The van der Waals surface area contributed by atoms with Gasteiger partial charge in [0.1, 0.15) is 5.82 Å². The van der Waals surface area contributed by atoms with Crippen molar-refractivity contribution in [1.29, 1.82) is 0 Å². The van der Waals surface area contributed by atoms with Crippen molar-refractivity contribution in [2.75, 3.05) is 12.4 Å². The minimum Gasteiger partial charge on any atom is -0.380 e. The smallest absolute Gasteiger partial charge is 0.258 e. The maximum atomic E-state index is 13.1. The van der Waals surface area contributed by atoms with E-state index in [0.29, 0.717) is 17.8 Å². The highest BCUT2D eigenvalue weighted by molar-refractivity contribution is 6.03. The van der Waals surface area contributed by atoms with Gasteiger partial charge in [-0.15, -0.1) is 5.10 Å². The van der Waals surface area contributed by atoms with Gasteiger partial charge in [0.2, 0.25) is 5.95 Å². The van der Waals surface area contributed by atoms with Gasteiger partial charge in [0, 0.05) is 12.7 Å². The molecule has 1 aromatic carbocycles. The summed E-state index contributed by atoms with van der Waals surface area (Å²) >= 11 is 0. The number of benzene rings is 1. The zero-order valence-corrected chi connectivity index (χ0v) is 11.8. The van der Waals surface area contributed by atoms with Crippen LogP contribution in [-0.2, 0) is 11.3 Å². The lowest BCUT2D eigenvalue weighted by molar-refractivity contribution is 0.102. The van der Waals surface area contributed by atoms with Crippen LogP contribution in [-0.4, -0.2) is 27.6 Å². The number of ether oxygens (including phenoxy) is 1. The molecule has 0 saturated carbocycles. The average Bonchev–Trinajstić information content (AvgIpc) is 2.89. The lowest BCUT2D eigenvalue weighted by atomic mass is 10.1. The van der Waals surface area contributed by atoms with Crippen molar-refractivity contribution < 1.29 is 13.9 Å². The van der Waals surface area contributed by atoms with E-state index >= 15 is 0 Å². The van der Waals surface area contributed by atoms with Gasteiger partial charge in [-0.2, -0.15) is 4.98 Å². The molecule has 0 spiro atoms. The number of hydrogen-bond acceptors (Lipinski definition) is 4. The molecule has 0 radical (unpaired) electrons. The van der Waals surface area contributed by atoms with Crippen LogP contribution < -0.4 is 5.32 Å². The monoisotopic (exact) mass is 300 g/mol. The molecule has 2 heterocycles. The first-order valence-electron chi connectivity index (χ1n) is 6.57. The molecule has 7 heteroatoms. The Balaban J connectivity index is 1.77. The maximum Gasteiger partial charge on any atom is 0.258 e. The van der Waals surface area contributed by atoms with Gasteiger partial charge in [0.05, 0.1) is 12.8 Å². The summed E-state index contributed by atoms with van der Waals surface area (Å²) in [6, 6.07) is 9.77. The van der Waals surface area contributed by atoms with Gasteiger partial charge in [-0.3, -0.25) is 10.1 Å². The third kappa shape index (κ3) is 2.94. The average molecular weight is 300 g/mol. The van der Waals surface area contributed by atoms with Crippen molar-refractivity contribution in [3.63, 3.8) is 0 Å². The molecular formula is C15H13FN4O2. The number of fused-ring (bicyclic) bond motifs is 1. The van der Waals surface area contributed by atoms with Gasteiger partial charge in [-0.05, 0) is 29.8 Å². The van der Waals surface area contributed by atoms with E-state index in [1.807, 2.05) is 12.1 Å². The Morgan fingerprint density at radius 2 is 2.05 bits per heavy atom. The molecule has 0 aliphatic rings. The molecule has 0 unspecified atom stereocenters. The molecule has 0 saturated heterocycles. The van der Waals surface area contributed by atoms with Crippen molar-refractivity contribution in [2.45, 2.75) is 6.61 Å². The second-order valence-electron chi connectivity index (χ2n) is 4.67. The van der Waals surface area contributed by atoms with Crippen LogP contribution in [0.4, 0.5) is 10.3 Å². The van der Waals surface area contributed by atoms with E-state index in [9.17, 15) is 9.18 Å². The molecule has 0 fully saturated rings. The van der Waals surface area contributed by atoms with E-state index in [1.165, 1.54) is 22.8 Å². The molecule has 0 aliphatic carbocycles. The predicted molar refractivity (Wildman–Crippen MR) is 78.1 cm³/mol. The molecule has 6 nitrogen and oxygen atoms in total. The first kappa shape index (κ1) is 14.2. The number of amides is 1. The fourth-order valence-corrected chi connectivity index (χ4v) is 2.00. The summed E-state index contributed by atoms with van der Waals surface area (Å²) in [6.45, 7) is 0.488. The number of carbonyl (C=O) groups is 1. The Morgan fingerprint density at radius 1 is 1.27 bits per heavy atom. The Bertz CT molecular complexity index is 814. The maximum absolute atomic E-state index is 13.1. The fraction of sp³-hybridized carbons (Fsp3) is 0.133. The van der Waals surface area contributed by atoms with Crippen LogP contribution in [0.5, 0.6) is 0 Å². The molecule has 1 N–H and O–H groups in total. The van der Waals surface area contributed by atoms with Crippen LogP contribution in [0, 0.1) is 5.82 Å². The van der Waals surface area contributed by atoms with Crippen molar-refractivity contribution in [3.8, 4) is 0 Å². The lowest BCUT2D eigenvalue weighted by Crippen LogP contribution is -2.13. The third-order valence-corrected chi connectivity index (χ3v) is 3.05. The Kier molecular flexibility index (Phi) is 3.80. The largest absolute Gasteiger partial charge is 0.380 e. The number of halogens is 1. The Labute approximate surface area is 125 Å². The molecule has 3 aromatic rings. The number of aromatic nitrogens is 3. The predicted octanol–water partition coefficient (Wildman–Crippen LogP) is 2.27. The number of methoxy groups -OCH3 is 1. The second kappa shape index (κ2) is 5.90. The minimum absolute atomic E-state index is 0.122. The van der Waals surface area contributed by atoms with E-state index in [-0.39, 0.29) is 11.9 Å². The highest BCUT2D eigenvalue weighted by Gasteiger charge is 2.10. The standard InChI is InChI=1S/C15H13FN4O2/c1-22-9-10-2-4-11(5-3-10)14(21)18-15-17-13-7-6-12(16)8-20(13)19-15/h2-8H,9H2,1H3,(H,18,19,21). The molecule has 0 aliphatic heterocycles. The number of hydrogen-bond donors (Lipinski definition) is 1.